The fraction of sp³-hybridized carbons (Fsp3) is 0.691. The van der Waals surface area contributed by atoms with Crippen LogP contribution in [0.2, 0.25) is 0 Å². The fourth-order valence-electron chi connectivity index (χ4n) is 12.7. The van der Waals surface area contributed by atoms with E-state index in [1.165, 1.54) is 0 Å². The molecule has 4 fully saturated rings. The summed E-state index contributed by atoms with van der Waals surface area (Å²) in [5.41, 5.74) is 1.78. The molecule has 378 valence electrons. The molecule has 3 aromatic rings. The number of nitrogens with zero attached hydrogens (tertiary/aromatic N) is 4. The lowest BCUT2D eigenvalue weighted by molar-refractivity contribution is -0.402. The van der Waals surface area contributed by atoms with Crippen LogP contribution in [0, 0.1) is 41.4 Å². The maximum Gasteiger partial charge on any atom is 0.309 e. The van der Waals surface area contributed by atoms with Gasteiger partial charge in [-0.05, 0) is 102 Å². The second-order valence-corrected chi connectivity index (χ2v) is 21.8. The van der Waals surface area contributed by atoms with Crippen LogP contribution in [0.1, 0.15) is 139 Å². The molecule has 5 aliphatic rings. The number of hydrogen-bond acceptors (Lipinski definition) is 12. The van der Waals surface area contributed by atoms with Crippen LogP contribution in [-0.4, -0.2) is 106 Å². The van der Waals surface area contributed by atoms with E-state index in [4.69, 9.17) is 28.9 Å². The van der Waals surface area contributed by atoms with Crippen molar-refractivity contribution in [1.29, 1.82) is 0 Å². The van der Waals surface area contributed by atoms with Crippen LogP contribution >= 0.6 is 0 Å². The summed E-state index contributed by atoms with van der Waals surface area (Å²) in [6.45, 7) is 19.9. The molecule has 2 spiro atoms. The van der Waals surface area contributed by atoms with E-state index < -0.39 is 82.9 Å². The van der Waals surface area contributed by atoms with Gasteiger partial charge in [-0.15, -0.1) is 5.10 Å². The summed E-state index contributed by atoms with van der Waals surface area (Å²) in [5.74, 6) is -5.86. The quantitative estimate of drug-likeness (QED) is 0.123. The summed E-state index contributed by atoms with van der Waals surface area (Å²) < 4.78 is 37.1. The summed E-state index contributed by atoms with van der Waals surface area (Å²) in [7, 11) is 0. The zero-order valence-electron chi connectivity index (χ0n) is 42.5. The Morgan fingerprint density at radius 3 is 2.20 bits per heavy atom. The summed E-state index contributed by atoms with van der Waals surface area (Å²) >= 11 is 0. The SMILES string of the molecule is CC[C@@H](C(=O)[C@@H](C)[C@@H](O)[C@@H](C)[C@@H]1O[C@@H]([C@@H](CC)C(=O)O)CC[C@@H]1C)[C@H]1O[C@@]2(C=C[C@H](n3cc(-c4ccc(-c5ccccn5)cc4)nn3)[C@]3(CC[C@@](C)([C@H]4CC[C@](O)(CC)[C@H](C)O4)O3)O2)[C@H](C)C[C@@H]1C. The Balaban J connectivity index is 1.07. The van der Waals surface area contributed by atoms with Crippen molar-refractivity contribution in [3.63, 3.8) is 0 Å². The molecule has 5 aliphatic heterocycles. The van der Waals surface area contributed by atoms with Gasteiger partial charge < -0.3 is 39.0 Å². The summed E-state index contributed by atoms with van der Waals surface area (Å²) in [6, 6.07) is 13.4. The smallest absolute Gasteiger partial charge is 0.309 e. The topological polar surface area (TPSA) is 185 Å². The van der Waals surface area contributed by atoms with Crippen LogP contribution in [0.3, 0.4) is 0 Å². The summed E-state index contributed by atoms with van der Waals surface area (Å²) in [4.78, 5) is 31.4. The van der Waals surface area contributed by atoms with E-state index in [0.717, 1.165) is 23.2 Å². The zero-order chi connectivity index (χ0) is 49.6. The number of hydrogen-bond donors (Lipinski definition) is 3. The molecule has 0 unspecified atom stereocenters. The number of ketones is 1. The second kappa shape index (κ2) is 20.3. The number of carboxylic acids is 1. The van der Waals surface area contributed by atoms with Crippen LogP contribution in [0.25, 0.3) is 22.5 Å². The Morgan fingerprint density at radius 1 is 0.855 bits per heavy atom. The number of carboxylic acid groups (broad SMARTS) is 1. The van der Waals surface area contributed by atoms with E-state index in [1.54, 1.807) is 13.1 Å². The number of carbonyl (C=O) groups is 2. The van der Waals surface area contributed by atoms with Crippen molar-refractivity contribution in [2.45, 2.75) is 199 Å². The van der Waals surface area contributed by atoms with Crippen LogP contribution in [0.15, 0.2) is 67.0 Å². The van der Waals surface area contributed by atoms with E-state index in [0.29, 0.717) is 63.5 Å². The molecule has 0 bridgehead atoms. The lowest BCUT2D eigenvalue weighted by atomic mass is 9.72. The average molecular weight is 955 g/mol. The van der Waals surface area contributed by atoms with Crippen molar-refractivity contribution in [3.05, 3.63) is 67.0 Å². The summed E-state index contributed by atoms with van der Waals surface area (Å²) in [5, 5.41) is 42.6. The predicted molar refractivity (Wildman–Crippen MR) is 260 cm³/mol. The highest BCUT2D eigenvalue weighted by Crippen LogP contribution is 2.57. The summed E-state index contributed by atoms with van der Waals surface area (Å²) in [6.07, 6.45) is 10.7. The van der Waals surface area contributed by atoms with Gasteiger partial charge in [0.1, 0.15) is 17.5 Å². The molecular weight excluding hydrogens is 877 g/mol. The van der Waals surface area contributed by atoms with E-state index >= 15 is 0 Å². The molecule has 1 aromatic carbocycles. The molecule has 2 aromatic heterocycles. The predicted octanol–water partition coefficient (Wildman–Crippen LogP) is 9.39. The molecule has 18 atom stereocenters. The van der Waals surface area contributed by atoms with Crippen molar-refractivity contribution >= 4 is 11.8 Å². The highest BCUT2D eigenvalue weighted by atomic mass is 16.8. The number of pyridine rings is 1. The molecule has 0 saturated carbocycles. The zero-order valence-corrected chi connectivity index (χ0v) is 42.5. The van der Waals surface area contributed by atoms with Crippen molar-refractivity contribution in [1.82, 2.24) is 20.0 Å². The van der Waals surface area contributed by atoms with Gasteiger partial charge in [-0.1, -0.05) is 97.0 Å². The van der Waals surface area contributed by atoms with Crippen LogP contribution < -0.4 is 0 Å². The van der Waals surface area contributed by atoms with Crippen LogP contribution in [-0.2, 0) is 33.3 Å². The Kier molecular flexibility index (Phi) is 15.2. The first-order valence-electron chi connectivity index (χ1n) is 26.0. The number of aromatic nitrogens is 4. The minimum atomic E-state index is -1.28. The lowest BCUT2D eigenvalue weighted by Crippen LogP contribution is -2.62. The number of carbonyl (C=O) groups excluding carboxylic acids is 1. The van der Waals surface area contributed by atoms with E-state index in [1.807, 2.05) is 94.0 Å². The minimum absolute atomic E-state index is 0.0115. The van der Waals surface area contributed by atoms with E-state index in [2.05, 4.69) is 43.9 Å². The number of aliphatic hydroxyl groups excluding tert-OH is 1. The molecule has 7 heterocycles. The first kappa shape index (κ1) is 51.5. The van der Waals surface area contributed by atoms with Gasteiger partial charge in [0, 0.05) is 47.4 Å². The van der Waals surface area contributed by atoms with Gasteiger partial charge in [-0.25, -0.2) is 4.68 Å². The molecule has 0 aliphatic carbocycles. The molecule has 3 N–H and O–H groups in total. The van der Waals surface area contributed by atoms with Crippen molar-refractivity contribution < 1.29 is 48.6 Å². The largest absolute Gasteiger partial charge is 0.481 e. The maximum atomic E-state index is 14.8. The highest BCUT2D eigenvalue weighted by molar-refractivity contribution is 5.84. The molecule has 69 heavy (non-hydrogen) atoms. The van der Waals surface area contributed by atoms with E-state index in [-0.39, 0.29) is 35.7 Å². The van der Waals surface area contributed by atoms with Crippen LogP contribution in [0.4, 0.5) is 0 Å². The minimum Gasteiger partial charge on any atom is -0.481 e. The van der Waals surface area contributed by atoms with Gasteiger partial charge in [0.25, 0.3) is 0 Å². The molecule has 4 saturated heterocycles. The molecule has 0 radical (unpaired) electrons. The number of ether oxygens (including phenoxy) is 5. The van der Waals surface area contributed by atoms with Crippen molar-refractivity contribution in [3.8, 4) is 22.5 Å². The Bertz CT molecular complexity index is 2280. The molecule has 8 rings (SSSR count). The van der Waals surface area contributed by atoms with Gasteiger partial charge in [0.2, 0.25) is 0 Å². The first-order chi connectivity index (χ1) is 32.8. The average Bonchev–Trinajstić information content (AvgIpc) is 3.97. The molecule has 0 amide bonds. The van der Waals surface area contributed by atoms with Gasteiger partial charge in [0.15, 0.2) is 11.6 Å². The first-order valence-corrected chi connectivity index (χ1v) is 26.0. The monoisotopic (exact) mass is 955 g/mol. The Hall–Kier alpha value is -3.89. The number of aliphatic carboxylic acids is 1. The third-order valence-corrected chi connectivity index (χ3v) is 17.4. The van der Waals surface area contributed by atoms with Gasteiger partial charge in [0.05, 0.1) is 65.6 Å². The standard InChI is InChI=1S/C55H78N4O10/c1-11-40(51(62)63)44-22-17-32(4)49(66-44)36(8)47(60)35(7)48(61)41(12-2)50-33(5)30-34(6)54(67-50)26-23-45(55(69-54)28-27-52(10,68-55)46-24-25-53(64,13-3)37(9)65-46)59-31-43(57-58-59)39-20-18-38(19-21-39)42-16-14-15-29-56-42/h14-16,18-21,23,26,29,31-37,40-41,44-47,49-50,60,64H,11-13,17,22,24-25,27-28,30H2,1-10H3,(H,62,63)/t32-,33-,34+,35-,36+,37-,40+,41-,44+,45-,46+,47+,49+,50-,52-,53+,54+,55-/m0/s1. The maximum absolute atomic E-state index is 14.8. The Morgan fingerprint density at radius 2 is 1.57 bits per heavy atom. The molecule has 14 heteroatoms. The Labute approximate surface area is 408 Å². The normalized spacial score (nSPS) is 38.1. The number of benzene rings is 1. The third kappa shape index (κ3) is 9.77. The second-order valence-electron chi connectivity index (χ2n) is 21.8. The van der Waals surface area contributed by atoms with Crippen molar-refractivity contribution in [2.24, 2.45) is 41.4 Å². The van der Waals surface area contributed by atoms with Crippen molar-refractivity contribution in [2.75, 3.05) is 0 Å². The lowest BCUT2D eigenvalue weighted by Gasteiger charge is -2.55. The van der Waals surface area contributed by atoms with Gasteiger partial charge in [-0.2, -0.15) is 0 Å². The van der Waals surface area contributed by atoms with Gasteiger partial charge in [-0.3, -0.25) is 14.6 Å². The number of aliphatic hydroxyl groups is 2. The fourth-order valence-corrected chi connectivity index (χ4v) is 12.7. The van der Waals surface area contributed by atoms with Gasteiger partial charge >= 0.3 is 5.97 Å². The van der Waals surface area contributed by atoms with E-state index in [9.17, 15) is 24.9 Å². The third-order valence-electron chi connectivity index (χ3n) is 17.4. The number of rotatable bonds is 15. The number of Topliss-reactive ketones (excluding diaryl/α,β-unsaturated/α-hetero) is 1. The van der Waals surface area contributed by atoms with Crippen LogP contribution in [0.5, 0.6) is 0 Å². The molecular formula is C55H78N4O10. The molecule has 14 nitrogen and oxygen atoms in total. The highest BCUT2D eigenvalue weighted by Gasteiger charge is 2.64.